The average Bonchev–Trinajstić information content (AvgIpc) is 2.68. The van der Waals surface area contributed by atoms with Gasteiger partial charge in [0.25, 0.3) is 0 Å². The SMILES string of the molecule is CCCc1ccc(OCC(O)CN2CCOC(c3cccc(Br)c3)C2)cc1. The Labute approximate surface area is 170 Å². The molecule has 146 valence electrons. The van der Waals surface area contributed by atoms with E-state index >= 15 is 0 Å². The quantitative estimate of drug-likeness (QED) is 0.676. The summed E-state index contributed by atoms with van der Waals surface area (Å²) in [6.45, 7) is 5.33. The molecule has 0 spiro atoms. The predicted octanol–water partition coefficient (Wildman–Crippen LogP) is 4.21. The molecule has 5 heteroatoms. The lowest BCUT2D eigenvalue weighted by molar-refractivity contribution is -0.0459. The van der Waals surface area contributed by atoms with E-state index in [4.69, 9.17) is 9.47 Å². The Hall–Kier alpha value is -1.40. The van der Waals surface area contributed by atoms with Crippen molar-refractivity contribution in [2.45, 2.75) is 32.0 Å². The Morgan fingerprint density at radius 1 is 1.26 bits per heavy atom. The van der Waals surface area contributed by atoms with Gasteiger partial charge in [-0.1, -0.05) is 53.5 Å². The molecule has 3 rings (SSSR count). The van der Waals surface area contributed by atoms with Crippen LogP contribution in [-0.4, -0.2) is 49.0 Å². The summed E-state index contributed by atoms with van der Waals surface area (Å²) in [4.78, 5) is 2.24. The van der Waals surface area contributed by atoms with Gasteiger partial charge in [-0.15, -0.1) is 0 Å². The van der Waals surface area contributed by atoms with Crippen LogP contribution < -0.4 is 4.74 Å². The largest absolute Gasteiger partial charge is 0.491 e. The van der Waals surface area contributed by atoms with Crippen LogP contribution >= 0.6 is 15.9 Å². The van der Waals surface area contributed by atoms with Gasteiger partial charge in [0.05, 0.1) is 12.7 Å². The highest BCUT2D eigenvalue weighted by atomic mass is 79.9. The van der Waals surface area contributed by atoms with E-state index in [1.54, 1.807) is 0 Å². The first kappa shape index (κ1) is 20.3. The third-order valence-electron chi connectivity index (χ3n) is 4.74. The summed E-state index contributed by atoms with van der Waals surface area (Å²) < 4.78 is 12.7. The van der Waals surface area contributed by atoms with Crippen molar-refractivity contribution in [3.63, 3.8) is 0 Å². The lowest BCUT2D eigenvalue weighted by atomic mass is 10.1. The highest BCUT2D eigenvalue weighted by molar-refractivity contribution is 9.10. The molecule has 0 saturated carbocycles. The Kier molecular flexibility index (Phi) is 7.70. The minimum atomic E-state index is -0.526. The minimum Gasteiger partial charge on any atom is -0.491 e. The maximum atomic E-state index is 10.4. The summed E-state index contributed by atoms with van der Waals surface area (Å²) in [5, 5.41) is 10.4. The number of ether oxygens (including phenoxy) is 2. The second-order valence-electron chi connectivity index (χ2n) is 7.03. The van der Waals surface area contributed by atoms with Gasteiger partial charge in [-0.3, -0.25) is 4.90 Å². The van der Waals surface area contributed by atoms with Crippen molar-refractivity contribution in [2.75, 3.05) is 32.8 Å². The van der Waals surface area contributed by atoms with Crippen LogP contribution in [0.2, 0.25) is 0 Å². The lowest BCUT2D eigenvalue weighted by Gasteiger charge is -2.34. The maximum Gasteiger partial charge on any atom is 0.119 e. The molecule has 2 aromatic rings. The molecule has 1 aliphatic heterocycles. The molecule has 0 bridgehead atoms. The first-order valence-electron chi connectivity index (χ1n) is 9.63. The number of aliphatic hydroxyl groups is 1. The zero-order chi connectivity index (χ0) is 19.1. The topological polar surface area (TPSA) is 41.9 Å². The molecule has 4 nitrogen and oxygen atoms in total. The summed E-state index contributed by atoms with van der Waals surface area (Å²) in [6.07, 6.45) is 1.73. The smallest absolute Gasteiger partial charge is 0.119 e. The molecule has 1 saturated heterocycles. The van der Waals surface area contributed by atoms with E-state index in [0.717, 1.165) is 41.7 Å². The number of hydrogen-bond acceptors (Lipinski definition) is 4. The molecule has 1 aliphatic rings. The average molecular weight is 434 g/mol. The number of hydrogen-bond donors (Lipinski definition) is 1. The van der Waals surface area contributed by atoms with Crippen molar-refractivity contribution in [2.24, 2.45) is 0 Å². The van der Waals surface area contributed by atoms with Gasteiger partial charge in [-0.05, 0) is 41.8 Å². The molecule has 2 atom stereocenters. The van der Waals surface area contributed by atoms with Crippen LogP contribution in [0.3, 0.4) is 0 Å². The predicted molar refractivity (Wildman–Crippen MR) is 111 cm³/mol. The summed E-state index contributed by atoms with van der Waals surface area (Å²) in [6, 6.07) is 16.4. The molecule has 2 aromatic carbocycles. The highest BCUT2D eigenvalue weighted by Gasteiger charge is 2.23. The standard InChI is InChI=1S/C22H28BrNO3/c1-2-4-17-7-9-21(10-8-17)27-16-20(25)14-24-11-12-26-22(15-24)18-5-3-6-19(23)13-18/h3,5-10,13,20,22,25H,2,4,11-12,14-16H2,1H3. The molecular weight excluding hydrogens is 406 g/mol. The van der Waals surface area contributed by atoms with Crippen LogP contribution in [0.15, 0.2) is 53.0 Å². The number of rotatable bonds is 8. The molecule has 0 aromatic heterocycles. The number of nitrogens with zero attached hydrogens (tertiary/aromatic N) is 1. The summed E-state index contributed by atoms with van der Waals surface area (Å²) in [5.41, 5.74) is 2.48. The zero-order valence-electron chi connectivity index (χ0n) is 15.8. The van der Waals surface area contributed by atoms with Gasteiger partial charge in [0.2, 0.25) is 0 Å². The molecule has 0 aliphatic carbocycles. The Bertz CT molecular complexity index is 707. The maximum absolute atomic E-state index is 10.4. The minimum absolute atomic E-state index is 0.0375. The molecule has 1 fully saturated rings. The number of morpholine rings is 1. The van der Waals surface area contributed by atoms with E-state index in [0.29, 0.717) is 19.8 Å². The van der Waals surface area contributed by atoms with Gasteiger partial charge in [0, 0.05) is 24.1 Å². The Morgan fingerprint density at radius 2 is 2.07 bits per heavy atom. The summed E-state index contributed by atoms with van der Waals surface area (Å²) in [7, 11) is 0. The molecule has 1 heterocycles. The highest BCUT2D eigenvalue weighted by Crippen LogP contribution is 2.25. The summed E-state index contributed by atoms with van der Waals surface area (Å²) in [5.74, 6) is 0.808. The van der Waals surface area contributed by atoms with Crippen molar-refractivity contribution >= 4 is 15.9 Å². The number of aryl methyl sites for hydroxylation is 1. The third kappa shape index (κ3) is 6.32. The normalized spacial score (nSPS) is 19.0. The van der Waals surface area contributed by atoms with E-state index < -0.39 is 6.10 Å². The van der Waals surface area contributed by atoms with Crippen LogP contribution in [0.25, 0.3) is 0 Å². The second kappa shape index (κ2) is 10.2. The Balaban J connectivity index is 1.46. The van der Waals surface area contributed by atoms with Crippen LogP contribution in [-0.2, 0) is 11.2 Å². The number of halogens is 1. The molecule has 0 radical (unpaired) electrons. The third-order valence-corrected chi connectivity index (χ3v) is 5.24. The number of aliphatic hydroxyl groups excluding tert-OH is 1. The van der Waals surface area contributed by atoms with Crippen molar-refractivity contribution < 1.29 is 14.6 Å². The lowest BCUT2D eigenvalue weighted by Crippen LogP contribution is -2.43. The van der Waals surface area contributed by atoms with Crippen LogP contribution in [0.4, 0.5) is 0 Å². The van der Waals surface area contributed by atoms with E-state index in [-0.39, 0.29) is 6.10 Å². The van der Waals surface area contributed by atoms with Gasteiger partial charge in [0.1, 0.15) is 18.5 Å². The Morgan fingerprint density at radius 3 is 2.81 bits per heavy atom. The molecule has 2 unspecified atom stereocenters. The van der Waals surface area contributed by atoms with E-state index in [2.05, 4.69) is 52.0 Å². The van der Waals surface area contributed by atoms with Crippen molar-refractivity contribution in [3.05, 3.63) is 64.1 Å². The van der Waals surface area contributed by atoms with E-state index in [9.17, 15) is 5.11 Å². The fourth-order valence-corrected chi connectivity index (χ4v) is 3.78. The molecule has 0 amide bonds. The monoisotopic (exact) mass is 433 g/mol. The van der Waals surface area contributed by atoms with Crippen LogP contribution in [0.1, 0.15) is 30.6 Å². The van der Waals surface area contributed by atoms with E-state index in [1.807, 2.05) is 24.3 Å². The summed E-state index contributed by atoms with van der Waals surface area (Å²) >= 11 is 3.51. The molecular formula is C22H28BrNO3. The van der Waals surface area contributed by atoms with Crippen molar-refractivity contribution in [3.8, 4) is 5.75 Å². The fourth-order valence-electron chi connectivity index (χ4n) is 3.36. The number of benzene rings is 2. The molecule has 27 heavy (non-hydrogen) atoms. The first-order valence-corrected chi connectivity index (χ1v) is 10.4. The second-order valence-corrected chi connectivity index (χ2v) is 7.95. The van der Waals surface area contributed by atoms with Gasteiger partial charge < -0.3 is 14.6 Å². The molecule has 1 N–H and O–H groups in total. The van der Waals surface area contributed by atoms with Crippen LogP contribution in [0, 0.1) is 0 Å². The first-order chi connectivity index (χ1) is 13.1. The van der Waals surface area contributed by atoms with Crippen molar-refractivity contribution in [1.82, 2.24) is 4.90 Å². The zero-order valence-corrected chi connectivity index (χ0v) is 17.4. The van der Waals surface area contributed by atoms with Gasteiger partial charge in [-0.25, -0.2) is 0 Å². The van der Waals surface area contributed by atoms with Gasteiger partial charge in [-0.2, -0.15) is 0 Å². The number of β-amino-alcohol motifs (C(OH)–C–C–N with tert-alkyl or cyclic N) is 1. The van der Waals surface area contributed by atoms with Gasteiger partial charge in [0.15, 0.2) is 0 Å². The van der Waals surface area contributed by atoms with Crippen molar-refractivity contribution in [1.29, 1.82) is 0 Å². The van der Waals surface area contributed by atoms with E-state index in [1.165, 1.54) is 5.56 Å². The fraction of sp³-hybridized carbons (Fsp3) is 0.455. The van der Waals surface area contributed by atoms with Crippen LogP contribution in [0.5, 0.6) is 5.75 Å². The van der Waals surface area contributed by atoms with Gasteiger partial charge >= 0.3 is 0 Å².